The first kappa shape index (κ1) is 11.8. The highest BCUT2D eigenvalue weighted by Gasteiger charge is 2.26. The number of fused-ring (bicyclic) bond motifs is 1. The first-order valence-corrected chi connectivity index (χ1v) is 6.46. The first-order chi connectivity index (χ1) is 8.56. The molecule has 0 unspecified atom stereocenters. The highest BCUT2D eigenvalue weighted by molar-refractivity contribution is 6.36. The van der Waals surface area contributed by atoms with Crippen molar-refractivity contribution in [3.8, 4) is 0 Å². The molecule has 0 saturated heterocycles. The number of hydrogen-bond donors (Lipinski definition) is 1. The molecule has 0 aliphatic heterocycles. The third kappa shape index (κ3) is 1.95. The maximum Gasteiger partial charge on any atom is 0.270 e. The van der Waals surface area contributed by atoms with Gasteiger partial charge in [0.25, 0.3) is 5.91 Å². The van der Waals surface area contributed by atoms with Gasteiger partial charge in [0.15, 0.2) is 5.65 Å². The van der Waals surface area contributed by atoms with E-state index in [0.29, 0.717) is 33.1 Å². The Morgan fingerprint density at radius 3 is 2.89 bits per heavy atom. The van der Waals surface area contributed by atoms with Gasteiger partial charge in [-0.1, -0.05) is 23.2 Å². The normalized spacial score (nSPS) is 15.1. The van der Waals surface area contributed by atoms with Crippen molar-refractivity contribution in [2.24, 2.45) is 0 Å². The van der Waals surface area contributed by atoms with E-state index in [2.05, 4.69) is 10.3 Å². The number of nitrogens with one attached hydrogen (secondary N) is 1. The zero-order chi connectivity index (χ0) is 12.9. The molecule has 2 heterocycles. The molecule has 0 aromatic carbocycles. The van der Waals surface area contributed by atoms with Crippen molar-refractivity contribution in [1.82, 2.24) is 14.7 Å². The summed E-state index contributed by atoms with van der Waals surface area (Å²) in [4.78, 5) is 16.5. The average molecular weight is 284 g/mol. The summed E-state index contributed by atoms with van der Waals surface area (Å²) in [6.45, 7) is 1.79. The summed E-state index contributed by atoms with van der Waals surface area (Å²) in [6, 6.07) is 1.92. The highest BCUT2D eigenvalue weighted by Crippen LogP contribution is 2.25. The number of imidazole rings is 1. The molecule has 94 valence electrons. The largest absolute Gasteiger partial charge is 0.348 e. The number of rotatable bonds is 2. The van der Waals surface area contributed by atoms with Gasteiger partial charge in [0.05, 0.1) is 15.7 Å². The fourth-order valence-electron chi connectivity index (χ4n) is 1.94. The fourth-order valence-corrected chi connectivity index (χ4v) is 2.45. The molecule has 1 saturated carbocycles. The molecule has 0 atom stereocenters. The van der Waals surface area contributed by atoms with Crippen molar-refractivity contribution in [2.45, 2.75) is 25.8 Å². The van der Waals surface area contributed by atoms with Crippen LogP contribution in [0.15, 0.2) is 12.3 Å². The van der Waals surface area contributed by atoms with E-state index in [9.17, 15) is 4.79 Å². The minimum atomic E-state index is -0.124. The average Bonchev–Trinajstić information content (AvgIpc) is 3.01. The standard InChI is InChI=1S/C12H11Cl2N3O/c1-6-10(12(18)16-8-2-3-8)17-5-7(13)4-9(14)11(17)15-6/h4-5,8H,2-3H2,1H3,(H,16,18). The Morgan fingerprint density at radius 2 is 2.22 bits per heavy atom. The number of carbonyl (C=O) groups is 1. The lowest BCUT2D eigenvalue weighted by Crippen LogP contribution is -2.27. The number of aryl methyl sites for hydroxylation is 1. The molecular weight excluding hydrogens is 273 g/mol. The van der Waals surface area contributed by atoms with E-state index in [1.165, 1.54) is 0 Å². The molecule has 6 heteroatoms. The number of hydrogen-bond acceptors (Lipinski definition) is 2. The van der Waals surface area contributed by atoms with Gasteiger partial charge in [-0.05, 0) is 25.8 Å². The topological polar surface area (TPSA) is 46.4 Å². The van der Waals surface area contributed by atoms with Gasteiger partial charge in [0.2, 0.25) is 0 Å². The molecule has 1 aliphatic carbocycles. The molecule has 1 aliphatic rings. The van der Waals surface area contributed by atoms with Crippen LogP contribution in [0, 0.1) is 6.92 Å². The molecule has 0 bridgehead atoms. The summed E-state index contributed by atoms with van der Waals surface area (Å²) in [5.41, 5.74) is 1.71. The predicted octanol–water partition coefficient (Wildman–Crippen LogP) is 2.84. The summed E-state index contributed by atoms with van der Waals surface area (Å²) in [7, 11) is 0. The van der Waals surface area contributed by atoms with Gasteiger partial charge in [-0.15, -0.1) is 0 Å². The minimum absolute atomic E-state index is 0.124. The maximum atomic E-state index is 12.2. The molecule has 1 fully saturated rings. The summed E-state index contributed by atoms with van der Waals surface area (Å²) >= 11 is 12.0. The monoisotopic (exact) mass is 283 g/mol. The molecule has 1 N–H and O–H groups in total. The lowest BCUT2D eigenvalue weighted by Gasteiger charge is -2.05. The number of aromatic nitrogens is 2. The summed E-state index contributed by atoms with van der Waals surface area (Å²) in [6.07, 6.45) is 3.75. The molecular formula is C12H11Cl2N3O. The van der Waals surface area contributed by atoms with Crippen LogP contribution in [-0.2, 0) is 0 Å². The number of nitrogens with zero attached hydrogens (tertiary/aromatic N) is 2. The van der Waals surface area contributed by atoms with Gasteiger partial charge in [0.1, 0.15) is 5.69 Å². The smallest absolute Gasteiger partial charge is 0.270 e. The van der Waals surface area contributed by atoms with Crippen LogP contribution in [0.1, 0.15) is 29.0 Å². The van der Waals surface area contributed by atoms with E-state index < -0.39 is 0 Å². The van der Waals surface area contributed by atoms with E-state index in [0.717, 1.165) is 12.8 Å². The number of carbonyl (C=O) groups excluding carboxylic acids is 1. The van der Waals surface area contributed by atoms with Crippen LogP contribution < -0.4 is 5.32 Å². The van der Waals surface area contributed by atoms with Gasteiger partial charge in [0, 0.05) is 12.2 Å². The van der Waals surface area contributed by atoms with E-state index in [4.69, 9.17) is 23.2 Å². The van der Waals surface area contributed by atoms with Crippen LogP contribution >= 0.6 is 23.2 Å². The van der Waals surface area contributed by atoms with Gasteiger partial charge >= 0.3 is 0 Å². The Labute approximate surface area is 114 Å². The van der Waals surface area contributed by atoms with Crippen LogP contribution in [-0.4, -0.2) is 21.3 Å². The number of amides is 1. The van der Waals surface area contributed by atoms with Crippen LogP contribution in [0.5, 0.6) is 0 Å². The molecule has 2 aromatic heterocycles. The van der Waals surface area contributed by atoms with Crippen molar-refractivity contribution >= 4 is 34.8 Å². The second kappa shape index (κ2) is 4.14. The lowest BCUT2D eigenvalue weighted by atomic mass is 10.3. The SMILES string of the molecule is Cc1nc2c(Cl)cc(Cl)cn2c1C(=O)NC1CC1. The Bertz CT molecular complexity index is 646. The summed E-state index contributed by atoms with van der Waals surface area (Å²) < 4.78 is 1.65. The second-order valence-electron chi connectivity index (χ2n) is 4.49. The van der Waals surface area contributed by atoms with Crippen LogP contribution in [0.3, 0.4) is 0 Å². The van der Waals surface area contributed by atoms with E-state index in [1.54, 1.807) is 23.6 Å². The number of pyridine rings is 1. The third-order valence-corrected chi connectivity index (χ3v) is 3.43. The summed E-state index contributed by atoms with van der Waals surface area (Å²) in [5.74, 6) is -0.124. The van der Waals surface area contributed by atoms with Crippen molar-refractivity contribution in [3.63, 3.8) is 0 Å². The zero-order valence-electron chi connectivity index (χ0n) is 9.70. The van der Waals surface area contributed by atoms with E-state index in [-0.39, 0.29) is 5.91 Å². The Kier molecular flexibility index (Phi) is 2.72. The molecule has 1 amide bonds. The van der Waals surface area contributed by atoms with Gasteiger partial charge in [-0.2, -0.15) is 0 Å². The van der Waals surface area contributed by atoms with Crippen LogP contribution in [0.25, 0.3) is 5.65 Å². The number of halogens is 2. The Balaban J connectivity index is 2.14. The van der Waals surface area contributed by atoms with Crippen LogP contribution in [0.2, 0.25) is 10.0 Å². The summed E-state index contributed by atoms with van der Waals surface area (Å²) in [5, 5.41) is 3.86. The zero-order valence-corrected chi connectivity index (χ0v) is 11.2. The Morgan fingerprint density at radius 1 is 1.50 bits per heavy atom. The van der Waals surface area contributed by atoms with E-state index >= 15 is 0 Å². The van der Waals surface area contributed by atoms with Crippen LogP contribution in [0.4, 0.5) is 0 Å². The lowest BCUT2D eigenvalue weighted by molar-refractivity contribution is 0.0944. The first-order valence-electron chi connectivity index (χ1n) is 5.71. The van der Waals surface area contributed by atoms with Crippen molar-refractivity contribution in [3.05, 3.63) is 33.7 Å². The molecule has 4 nitrogen and oxygen atoms in total. The van der Waals surface area contributed by atoms with E-state index in [1.807, 2.05) is 0 Å². The van der Waals surface area contributed by atoms with Crippen molar-refractivity contribution in [1.29, 1.82) is 0 Å². The highest BCUT2D eigenvalue weighted by atomic mass is 35.5. The van der Waals surface area contributed by atoms with Crippen molar-refractivity contribution in [2.75, 3.05) is 0 Å². The van der Waals surface area contributed by atoms with Gasteiger partial charge in [-0.3, -0.25) is 9.20 Å². The quantitative estimate of drug-likeness (QED) is 0.921. The maximum absolute atomic E-state index is 12.2. The minimum Gasteiger partial charge on any atom is -0.348 e. The van der Waals surface area contributed by atoms with Gasteiger partial charge in [-0.25, -0.2) is 4.98 Å². The molecule has 18 heavy (non-hydrogen) atoms. The molecule has 2 aromatic rings. The second-order valence-corrected chi connectivity index (χ2v) is 5.34. The van der Waals surface area contributed by atoms with Crippen molar-refractivity contribution < 1.29 is 4.79 Å². The predicted molar refractivity (Wildman–Crippen MR) is 70.4 cm³/mol. The fraction of sp³-hybridized carbons (Fsp3) is 0.333. The van der Waals surface area contributed by atoms with Gasteiger partial charge < -0.3 is 5.32 Å². The molecule has 0 radical (unpaired) electrons. The molecule has 0 spiro atoms. The molecule has 3 rings (SSSR count). The third-order valence-electron chi connectivity index (χ3n) is 2.94. The Hall–Kier alpha value is -1.26.